The van der Waals surface area contributed by atoms with E-state index in [1.807, 2.05) is 0 Å². The average Bonchev–Trinajstić information content (AvgIpc) is 2.26. The monoisotopic (exact) mass is 270 g/mol. The van der Waals surface area contributed by atoms with Gasteiger partial charge in [-0.2, -0.15) is 0 Å². The first-order chi connectivity index (χ1) is 8.55. The third-order valence-electron chi connectivity index (χ3n) is 4.77. The van der Waals surface area contributed by atoms with Gasteiger partial charge in [-0.15, -0.1) is 0 Å². The van der Waals surface area contributed by atoms with Gasteiger partial charge < -0.3 is 10.2 Å². The number of carbonyl (C=O) groups is 3. The Morgan fingerprint density at radius 3 is 2.05 bits per heavy atom. The SMILES string of the molecule is CCC1(C(=O)O)CCC(=O)CC1(C(=O)O)C(C)(C)C. The summed E-state index contributed by atoms with van der Waals surface area (Å²) in [5, 5.41) is 19.4. The lowest BCUT2D eigenvalue weighted by atomic mass is 9.46. The van der Waals surface area contributed by atoms with Crippen LogP contribution in [-0.2, 0) is 14.4 Å². The van der Waals surface area contributed by atoms with Crippen molar-refractivity contribution in [2.24, 2.45) is 16.2 Å². The lowest BCUT2D eigenvalue weighted by Crippen LogP contribution is -2.61. The summed E-state index contributed by atoms with van der Waals surface area (Å²) in [5.41, 5.74) is -3.76. The molecule has 0 aromatic carbocycles. The van der Waals surface area contributed by atoms with E-state index < -0.39 is 28.2 Å². The van der Waals surface area contributed by atoms with Gasteiger partial charge in [0.1, 0.15) is 5.78 Å². The van der Waals surface area contributed by atoms with Crippen molar-refractivity contribution in [1.82, 2.24) is 0 Å². The highest BCUT2D eigenvalue weighted by atomic mass is 16.4. The maximum absolute atomic E-state index is 11.9. The van der Waals surface area contributed by atoms with Crippen LogP contribution in [0.3, 0.4) is 0 Å². The topological polar surface area (TPSA) is 91.7 Å². The summed E-state index contributed by atoms with van der Waals surface area (Å²) in [7, 11) is 0. The van der Waals surface area contributed by atoms with Crippen LogP contribution in [-0.4, -0.2) is 27.9 Å². The first kappa shape index (κ1) is 15.7. The van der Waals surface area contributed by atoms with E-state index in [9.17, 15) is 24.6 Å². The maximum Gasteiger partial charge on any atom is 0.311 e. The van der Waals surface area contributed by atoms with Crippen LogP contribution >= 0.6 is 0 Å². The molecule has 1 saturated carbocycles. The van der Waals surface area contributed by atoms with E-state index in [2.05, 4.69) is 0 Å². The first-order valence-corrected chi connectivity index (χ1v) is 6.53. The van der Waals surface area contributed by atoms with Crippen LogP contribution < -0.4 is 0 Å². The molecule has 1 aliphatic carbocycles. The number of rotatable bonds is 3. The first-order valence-electron chi connectivity index (χ1n) is 6.53. The summed E-state index contributed by atoms with van der Waals surface area (Å²) >= 11 is 0. The molecule has 5 heteroatoms. The second kappa shape index (κ2) is 4.62. The summed E-state index contributed by atoms with van der Waals surface area (Å²) in [4.78, 5) is 35.5. The third kappa shape index (κ3) is 1.95. The highest BCUT2D eigenvalue weighted by molar-refractivity contribution is 5.95. The number of hydrogen-bond donors (Lipinski definition) is 2. The maximum atomic E-state index is 11.9. The summed E-state index contributed by atoms with van der Waals surface area (Å²) in [6.07, 6.45) is 0.248. The zero-order chi connectivity index (χ0) is 15.1. The molecule has 0 amide bonds. The molecular weight excluding hydrogens is 248 g/mol. The third-order valence-corrected chi connectivity index (χ3v) is 4.77. The predicted octanol–water partition coefficient (Wildman–Crippen LogP) is 2.34. The van der Waals surface area contributed by atoms with Crippen LogP contribution in [0.15, 0.2) is 0 Å². The van der Waals surface area contributed by atoms with E-state index in [4.69, 9.17) is 0 Å². The Morgan fingerprint density at radius 2 is 1.74 bits per heavy atom. The Hall–Kier alpha value is -1.39. The van der Waals surface area contributed by atoms with Crippen molar-refractivity contribution in [3.63, 3.8) is 0 Å². The summed E-state index contributed by atoms with van der Waals surface area (Å²) in [6.45, 7) is 6.79. The fourth-order valence-electron chi connectivity index (χ4n) is 3.62. The van der Waals surface area contributed by atoms with Gasteiger partial charge in [0.15, 0.2) is 0 Å². The lowest BCUT2D eigenvalue weighted by molar-refractivity contribution is -0.195. The van der Waals surface area contributed by atoms with E-state index in [0.29, 0.717) is 0 Å². The highest BCUT2D eigenvalue weighted by Gasteiger charge is 2.67. The van der Waals surface area contributed by atoms with Crippen LogP contribution in [0.25, 0.3) is 0 Å². The molecule has 2 N–H and O–H groups in total. The second-order valence-electron chi connectivity index (χ2n) is 6.42. The molecule has 2 atom stereocenters. The van der Waals surface area contributed by atoms with Gasteiger partial charge in [0.25, 0.3) is 0 Å². The van der Waals surface area contributed by atoms with E-state index in [1.165, 1.54) is 0 Å². The van der Waals surface area contributed by atoms with E-state index >= 15 is 0 Å². The fraction of sp³-hybridized carbons (Fsp3) is 0.786. The van der Waals surface area contributed by atoms with Crippen LogP contribution in [0, 0.1) is 16.2 Å². The molecule has 0 radical (unpaired) electrons. The van der Waals surface area contributed by atoms with Gasteiger partial charge in [-0.25, -0.2) is 0 Å². The quantitative estimate of drug-likeness (QED) is 0.821. The number of hydrogen-bond acceptors (Lipinski definition) is 3. The minimum Gasteiger partial charge on any atom is -0.481 e. The van der Waals surface area contributed by atoms with Crippen LogP contribution in [0.4, 0.5) is 0 Å². The van der Waals surface area contributed by atoms with Crippen molar-refractivity contribution in [1.29, 1.82) is 0 Å². The van der Waals surface area contributed by atoms with Crippen LogP contribution in [0.5, 0.6) is 0 Å². The molecule has 1 fully saturated rings. The molecule has 2 unspecified atom stereocenters. The van der Waals surface area contributed by atoms with Gasteiger partial charge in [0.2, 0.25) is 0 Å². The Morgan fingerprint density at radius 1 is 1.21 bits per heavy atom. The van der Waals surface area contributed by atoms with E-state index in [-0.39, 0.29) is 31.5 Å². The molecule has 0 spiro atoms. The molecule has 5 nitrogen and oxygen atoms in total. The average molecular weight is 270 g/mol. The van der Waals surface area contributed by atoms with Gasteiger partial charge in [-0.05, 0) is 18.3 Å². The summed E-state index contributed by atoms with van der Waals surface area (Å²) in [6, 6.07) is 0. The van der Waals surface area contributed by atoms with Crippen molar-refractivity contribution in [2.75, 3.05) is 0 Å². The number of carboxylic acids is 2. The Bertz CT molecular complexity index is 420. The highest BCUT2D eigenvalue weighted by Crippen LogP contribution is 2.60. The molecule has 1 rings (SSSR count). The molecule has 0 aromatic rings. The molecule has 1 aliphatic rings. The van der Waals surface area contributed by atoms with Crippen molar-refractivity contribution >= 4 is 17.7 Å². The van der Waals surface area contributed by atoms with Gasteiger partial charge >= 0.3 is 11.9 Å². The number of carbonyl (C=O) groups excluding carboxylic acids is 1. The zero-order valence-electron chi connectivity index (χ0n) is 11.9. The van der Waals surface area contributed by atoms with Crippen molar-refractivity contribution in [2.45, 2.75) is 53.4 Å². The Kier molecular flexibility index (Phi) is 3.81. The summed E-state index contributed by atoms with van der Waals surface area (Å²) < 4.78 is 0. The minimum atomic E-state index is -1.56. The van der Waals surface area contributed by atoms with Crippen molar-refractivity contribution < 1.29 is 24.6 Å². The van der Waals surface area contributed by atoms with Gasteiger partial charge in [0, 0.05) is 12.8 Å². The number of ketones is 1. The molecule has 0 aliphatic heterocycles. The van der Waals surface area contributed by atoms with Crippen molar-refractivity contribution in [3.05, 3.63) is 0 Å². The second-order valence-corrected chi connectivity index (χ2v) is 6.42. The number of aliphatic carboxylic acids is 2. The number of Topliss-reactive ketones (excluding diaryl/α,β-unsaturated/α-hetero) is 1. The Labute approximate surface area is 113 Å². The molecule has 0 heterocycles. The Balaban J connectivity index is 3.63. The standard InChI is InChI=1S/C14H22O5/c1-5-13(10(16)17)7-6-9(15)8-14(13,11(18)19)12(2,3)4/h5-8H2,1-4H3,(H,16,17)(H,18,19). The van der Waals surface area contributed by atoms with Crippen LogP contribution in [0.1, 0.15) is 53.4 Å². The lowest BCUT2D eigenvalue weighted by Gasteiger charge is -2.54. The predicted molar refractivity (Wildman–Crippen MR) is 68.7 cm³/mol. The largest absolute Gasteiger partial charge is 0.481 e. The van der Waals surface area contributed by atoms with Crippen LogP contribution in [0.2, 0.25) is 0 Å². The number of carboxylic acid groups (broad SMARTS) is 2. The van der Waals surface area contributed by atoms with Gasteiger partial charge in [-0.1, -0.05) is 27.7 Å². The molecule has 0 bridgehead atoms. The molecular formula is C14H22O5. The van der Waals surface area contributed by atoms with Crippen molar-refractivity contribution in [3.8, 4) is 0 Å². The minimum absolute atomic E-state index is 0.0984. The van der Waals surface area contributed by atoms with Gasteiger partial charge in [-0.3, -0.25) is 14.4 Å². The molecule has 19 heavy (non-hydrogen) atoms. The molecule has 0 saturated heterocycles. The molecule has 108 valence electrons. The normalized spacial score (nSPS) is 32.1. The van der Waals surface area contributed by atoms with E-state index in [1.54, 1.807) is 27.7 Å². The fourth-order valence-corrected chi connectivity index (χ4v) is 3.62. The van der Waals surface area contributed by atoms with Gasteiger partial charge in [0.05, 0.1) is 10.8 Å². The zero-order valence-corrected chi connectivity index (χ0v) is 11.9. The smallest absolute Gasteiger partial charge is 0.311 e. The molecule has 0 aromatic heterocycles. The van der Waals surface area contributed by atoms with E-state index in [0.717, 1.165) is 0 Å². The summed E-state index contributed by atoms with van der Waals surface area (Å²) in [5.74, 6) is -2.46.